The summed E-state index contributed by atoms with van der Waals surface area (Å²) in [5, 5.41) is 14.1. The standard InChI is InChI=1S/C31H34Cl2N6O5.C4H10/c1-4-17(2)26(28-35-18(3)39-44-28)37-29(41)31(38-25(40)15-34-30(42)43-16-19-8-6-5-7-9-19)11-10-24-22(14-31)21-12-20(32)13-23(33)27(21)36-24;1-3-4-2/h5-9,12-13,17,26,36H,4,10-11,14-16H2,1-3H3,(H,34,42)(H,37,41)(H,38,40);3-4H2,1-2H3/t17?,26-,31-;/m0./s1. The number of halogens is 2. The van der Waals surface area contributed by atoms with Crippen molar-refractivity contribution in [3.8, 4) is 0 Å². The first-order chi connectivity index (χ1) is 23.0. The molecule has 2 aromatic carbocycles. The molecule has 0 fully saturated rings. The Balaban J connectivity index is 0.00000123. The highest BCUT2D eigenvalue weighted by Gasteiger charge is 2.45. The molecule has 3 atom stereocenters. The number of rotatable bonds is 11. The number of benzene rings is 2. The lowest BCUT2D eigenvalue weighted by molar-refractivity contribution is -0.134. The number of H-pyrrole nitrogens is 1. The fourth-order valence-corrected chi connectivity index (χ4v) is 6.01. The number of nitrogens with one attached hydrogen (secondary N) is 4. The van der Waals surface area contributed by atoms with E-state index in [1.54, 1.807) is 19.1 Å². The van der Waals surface area contributed by atoms with Gasteiger partial charge in [-0.2, -0.15) is 4.98 Å². The number of carbonyl (C=O) groups excluding carboxylic acids is 3. The Morgan fingerprint density at radius 1 is 1.10 bits per heavy atom. The van der Waals surface area contributed by atoms with Gasteiger partial charge >= 0.3 is 6.09 Å². The molecule has 0 bridgehead atoms. The SMILES string of the molecule is CCC(C)[C@H](NC(=O)[C@]1(NC(=O)CNC(=O)OCc2ccccc2)CCc2[nH]c3c(Cl)cc(Cl)cc3c2C1)c1nc(C)no1.CCCC. The molecule has 0 spiro atoms. The number of ether oxygens (including phenoxy) is 1. The van der Waals surface area contributed by atoms with Gasteiger partial charge in [0.15, 0.2) is 5.82 Å². The van der Waals surface area contributed by atoms with Gasteiger partial charge in [0.05, 0.1) is 10.5 Å². The minimum Gasteiger partial charge on any atom is -0.445 e. The van der Waals surface area contributed by atoms with Crippen LogP contribution in [0.4, 0.5) is 4.79 Å². The van der Waals surface area contributed by atoms with E-state index < -0.39 is 36.0 Å². The molecular formula is C35H44Cl2N6O5. The van der Waals surface area contributed by atoms with Crippen LogP contribution >= 0.6 is 23.2 Å². The summed E-state index contributed by atoms with van der Waals surface area (Å²) >= 11 is 12.8. The number of aryl methyl sites for hydroxylation is 2. The molecule has 5 rings (SSSR count). The van der Waals surface area contributed by atoms with Gasteiger partial charge in [-0.1, -0.05) is 106 Å². The lowest BCUT2D eigenvalue weighted by atomic mass is 9.78. The summed E-state index contributed by atoms with van der Waals surface area (Å²) in [6, 6.07) is 12.1. The molecule has 258 valence electrons. The molecule has 4 aromatic rings. The highest BCUT2D eigenvalue weighted by molar-refractivity contribution is 6.38. The van der Waals surface area contributed by atoms with Crippen LogP contribution < -0.4 is 16.0 Å². The summed E-state index contributed by atoms with van der Waals surface area (Å²) in [6.45, 7) is 9.71. The molecule has 4 N–H and O–H groups in total. The van der Waals surface area contributed by atoms with Crippen molar-refractivity contribution >= 4 is 52.0 Å². The molecule has 11 nitrogen and oxygen atoms in total. The Kier molecular flexibility index (Phi) is 12.9. The van der Waals surface area contributed by atoms with E-state index in [0.29, 0.717) is 27.8 Å². The highest BCUT2D eigenvalue weighted by atomic mass is 35.5. The zero-order valence-corrected chi connectivity index (χ0v) is 29.6. The zero-order chi connectivity index (χ0) is 34.8. The number of carbonyl (C=O) groups is 3. The molecule has 1 unspecified atom stereocenters. The monoisotopic (exact) mass is 698 g/mol. The first-order valence-corrected chi connectivity index (χ1v) is 17.1. The first kappa shape index (κ1) is 36.7. The van der Waals surface area contributed by atoms with Crippen LogP contribution in [0.3, 0.4) is 0 Å². The van der Waals surface area contributed by atoms with Gasteiger partial charge in [0.1, 0.15) is 24.7 Å². The van der Waals surface area contributed by atoms with Gasteiger partial charge in [0.2, 0.25) is 17.7 Å². The quantitative estimate of drug-likeness (QED) is 0.130. The number of fused-ring (bicyclic) bond motifs is 3. The summed E-state index contributed by atoms with van der Waals surface area (Å²) in [7, 11) is 0. The number of unbranched alkanes of at least 4 members (excludes halogenated alkanes) is 1. The molecule has 2 aromatic heterocycles. The predicted octanol–water partition coefficient (Wildman–Crippen LogP) is 7.15. The third-order valence-corrected chi connectivity index (χ3v) is 9.05. The number of aromatic nitrogens is 3. The Hall–Kier alpha value is -4.09. The molecule has 2 heterocycles. The number of nitrogens with zero attached hydrogens (tertiary/aromatic N) is 2. The smallest absolute Gasteiger partial charge is 0.407 e. The Bertz CT molecular complexity index is 1710. The number of alkyl carbamates (subject to hydrolysis) is 1. The molecule has 1 aliphatic rings. The topological polar surface area (TPSA) is 151 Å². The van der Waals surface area contributed by atoms with Crippen molar-refractivity contribution in [2.75, 3.05) is 6.54 Å². The van der Waals surface area contributed by atoms with E-state index in [2.05, 4.69) is 44.9 Å². The number of hydrogen-bond acceptors (Lipinski definition) is 7. The second-order valence-electron chi connectivity index (χ2n) is 12.1. The van der Waals surface area contributed by atoms with Crippen molar-refractivity contribution in [2.24, 2.45) is 5.92 Å². The minimum absolute atomic E-state index is 0.0440. The van der Waals surface area contributed by atoms with Crippen LogP contribution in [-0.2, 0) is 33.8 Å². The molecule has 0 aliphatic heterocycles. The van der Waals surface area contributed by atoms with Crippen molar-refractivity contribution in [1.29, 1.82) is 0 Å². The molecule has 0 saturated heterocycles. The van der Waals surface area contributed by atoms with Crippen LogP contribution in [0.2, 0.25) is 10.0 Å². The second-order valence-corrected chi connectivity index (χ2v) is 13.0. The Labute approximate surface area is 290 Å². The second kappa shape index (κ2) is 16.8. The van der Waals surface area contributed by atoms with E-state index in [0.717, 1.165) is 28.6 Å². The molecule has 0 saturated carbocycles. The molecule has 3 amide bonds. The van der Waals surface area contributed by atoms with Crippen LogP contribution in [0.5, 0.6) is 0 Å². The van der Waals surface area contributed by atoms with E-state index >= 15 is 0 Å². The van der Waals surface area contributed by atoms with E-state index in [-0.39, 0.29) is 31.3 Å². The number of aromatic amines is 1. The van der Waals surface area contributed by atoms with Gasteiger partial charge in [-0.25, -0.2) is 4.79 Å². The zero-order valence-electron chi connectivity index (χ0n) is 28.0. The van der Waals surface area contributed by atoms with E-state index in [9.17, 15) is 14.4 Å². The minimum atomic E-state index is -1.37. The maximum Gasteiger partial charge on any atom is 0.407 e. The van der Waals surface area contributed by atoms with Crippen LogP contribution in [-0.4, -0.2) is 45.1 Å². The van der Waals surface area contributed by atoms with Crippen molar-refractivity contribution < 1.29 is 23.6 Å². The molecule has 1 aliphatic carbocycles. The van der Waals surface area contributed by atoms with Crippen molar-refractivity contribution in [1.82, 2.24) is 31.1 Å². The van der Waals surface area contributed by atoms with E-state index in [1.165, 1.54) is 12.8 Å². The lowest BCUT2D eigenvalue weighted by Crippen LogP contribution is -2.63. The Morgan fingerprint density at radius 2 is 1.83 bits per heavy atom. The van der Waals surface area contributed by atoms with Crippen LogP contribution in [0, 0.1) is 12.8 Å². The Morgan fingerprint density at radius 3 is 2.48 bits per heavy atom. The molecular weight excluding hydrogens is 655 g/mol. The maximum atomic E-state index is 14.3. The van der Waals surface area contributed by atoms with Crippen LogP contribution in [0.1, 0.15) is 88.0 Å². The van der Waals surface area contributed by atoms with Gasteiger partial charge < -0.3 is 30.2 Å². The van der Waals surface area contributed by atoms with Gasteiger partial charge in [-0.15, -0.1) is 0 Å². The van der Waals surface area contributed by atoms with Crippen LogP contribution in [0.15, 0.2) is 47.0 Å². The normalized spacial score (nSPS) is 16.6. The maximum absolute atomic E-state index is 14.3. The first-order valence-electron chi connectivity index (χ1n) is 16.3. The summed E-state index contributed by atoms with van der Waals surface area (Å²) in [4.78, 5) is 47.7. The summed E-state index contributed by atoms with van der Waals surface area (Å²) < 4.78 is 10.7. The number of hydrogen-bond donors (Lipinski definition) is 4. The number of amides is 3. The highest BCUT2D eigenvalue weighted by Crippen LogP contribution is 2.38. The summed E-state index contributed by atoms with van der Waals surface area (Å²) in [5.41, 5.74) is 1.90. The van der Waals surface area contributed by atoms with E-state index in [1.807, 2.05) is 44.2 Å². The van der Waals surface area contributed by atoms with Gasteiger partial charge in [0.25, 0.3) is 0 Å². The molecule has 0 radical (unpaired) electrons. The third kappa shape index (κ3) is 9.08. The fourth-order valence-electron chi connectivity index (χ4n) is 5.47. The average molecular weight is 700 g/mol. The average Bonchev–Trinajstić information content (AvgIpc) is 3.68. The summed E-state index contributed by atoms with van der Waals surface area (Å²) in [6.07, 6.45) is 3.50. The largest absolute Gasteiger partial charge is 0.445 e. The molecule has 13 heteroatoms. The summed E-state index contributed by atoms with van der Waals surface area (Å²) in [5.74, 6) is -0.267. The van der Waals surface area contributed by atoms with Gasteiger partial charge in [-0.3, -0.25) is 9.59 Å². The van der Waals surface area contributed by atoms with Crippen molar-refractivity contribution in [2.45, 2.75) is 91.3 Å². The van der Waals surface area contributed by atoms with Gasteiger partial charge in [-0.05, 0) is 48.9 Å². The molecule has 48 heavy (non-hydrogen) atoms. The van der Waals surface area contributed by atoms with Gasteiger partial charge in [0, 0.05) is 22.5 Å². The van der Waals surface area contributed by atoms with Crippen LogP contribution in [0.25, 0.3) is 10.9 Å². The lowest BCUT2D eigenvalue weighted by Gasteiger charge is -2.38. The predicted molar refractivity (Wildman–Crippen MR) is 186 cm³/mol. The van der Waals surface area contributed by atoms with E-state index in [4.69, 9.17) is 32.5 Å². The van der Waals surface area contributed by atoms with Crippen molar-refractivity contribution in [3.05, 3.63) is 81.0 Å². The van der Waals surface area contributed by atoms with Crippen molar-refractivity contribution in [3.63, 3.8) is 0 Å². The third-order valence-electron chi connectivity index (χ3n) is 8.53. The fraction of sp³-hybridized carbons (Fsp3) is 0.457.